The number of esters is 1. The van der Waals surface area contributed by atoms with Crippen molar-refractivity contribution in [3.05, 3.63) is 0 Å². The molecule has 0 N–H and O–H groups in total. The first kappa shape index (κ1) is 13.9. The monoisotopic (exact) mass is 244 g/mol. The van der Waals surface area contributed by atoms with Crippen LogP contribution in [0.1, 0.15) is 53.4 Å². The Bertz CT molecular complexity index is 227. The largest absolute Gasteiger partial charge is 0.459 e. The predicted molar refractivity (Wildman–Crippen MR) is 69.7 cm³/mol. The van der Waals surface area contributed by atoms with Gasteiger partial charge in [0.15, 0.2) is 0 Å². The first-order chi connectivity index (χ1) is 7.38. The van der Waals surface area contributed by atoms with Gasteiger partial charge in [0.1, 0.15) is 5.60 Å². The van der Waals surface area contributed by atoms with E-state index in [-0.39, 0.29) is 16.8 Å². The molecular formula is C13H24O2S. The maximum absolute atomic E-state index is 11.7. The van der Waals surface area contributed by atoms with Gasteiger partial charge in [-0.15, -0.1) is 11.8 Å². The first-order valence-corrected chi connectivity index (χ1v) is 7.28. The lowest BCUT2D eigenvalue weighted by Gasteiger charge is -2.22. The number of ether oxygens (including phenoxy) is 1. The van der Waals surface area contributed by atoms with Gasteiger partial charge in [0.25, 0.3) is 0 Å². The summed E-state index contributed by atoms with van der Waals surface area (Å²) in [5.74, 6) is 1.87. The van der Waals surface area contributed by atoms with Gasteiger partial charge in [0.2, 0.25) is 0 Å². The van der Waals surface area contributed by atoms with Crippen LogP contribution >= 0.6 is 11.8 Å². The molecule has 94 valence electrons. The second-order valence-corrected chi connectivity index (χ2v) is 7.03. The van der Waals surface area contributed by atoms with Gasteiger partial charge in [0.05, 0.1) is 5.25 Å². The van der Waals surface area contributed by atoms with Gasteiger partial charge in [-0.2, -0.15) is 0 Å². The van der Waals surface area contributed by atoms with E-state index in [0.717, 1.165) is 11.7 Å². The van der Waals surface area contributed by atoms with E-state index in [2.05, 4.69) is 0 Å². The summed E-state index contributed by atoms with van der Waals surface area (Å²) >= 11 is 1.75. The molecule has 0 aromatic carbocycles. The summed E-state index contributed by atoms with van der Waals surface area (Å²) < 4.78 is 5.35. The second kappa shape index (κ2) is 5.95. The maximum Gasteiger partial charge on any atom is 0.319 e. The molecule has 1 fully saturated rings. The van der Waals surface area contributed by atoms with E-state index in [1.807, 2.05) is 27.7 Å². The molecule has 0 aromatic rings. The van der Waals surface area contributed by atoms with Crippen LogP contribution in [-0.4, -0.2) is 22.6 Å². The summed E-state index contributed by atoms with van der Waals surface area (Å²) in [6, 6.07) is 0. The number of carbonyl (C=O) groups is 1. The van der Waals surface area contributed by atoms with Crippen LogP contribution in [0.25, 0.3) is 0 Å². The lowest BCUT2D eigenvalue weighted by atomic mass is 10.1. The van der Waals surface area contributed by atoms with Crippen molar-refractivity contribution in [2.24, 2.45) is 5.92 Å². The number of carbonyl (C=O) groups excluding carboxylic acids is 1. The van der Waals surface area contributed by atoms with Crippen LogP contribution in [-0.2, 0) is 9.53 Å². The van der Waals surface area contributed by atoms with E-state index in [1.54, 1.807) is 11.8 Å². The molecule has 0 amide bonds. The molecule has 1 aliphatic carbocycles. The van der Waals surface area contributed by atoms with E-state index in [0.29, 0.717) is 0 Å². The highest BCUT2D eigenvalue weighted by molar-refractivity contribution is 8.00. The molecule has 0 heterocycles. The summed E-state index contributed by atoms with van der Waals surface area (Å²) in [5, 5.41) is -0.0279. The smallest absolute Gasteiger partial charge is 0.319 e. The molecule has 1 rings (SSSR count). The van der Waals surface area contributed by atoms with Gasteiger partial charge in [-0.1, -0.05) is 12.8 Å². The van der Waals surface area contributed by atoms with Crippen LogP contribution in [0.3, 0.4) is 0 Å². The van der Waals surface area contributed by atoms with Crippen LogP contribution < -0.4 is 0 Å². The molecular weight excluding hydrogens is 220 g/mol. The van der Waals surface area contributed by atoms with E-state index < -0.39 is 0 Å². The standard InChI is InChI=1S/C13H24O2S/c1-10(12(14)15-13(2,3)4)16-9-11-7-5-6-8-11/h10-11H,5-9H2,1-4H3. The zero-order chi connectivity index (χ0) is 12.2. The summed E-state index contributed by atoms with van der Waals surface area (Å²) in [7, 11) is 0. The Morgan fingerprint density at radius 2 is 1.94 bits per heavy atom. The van der Waals surface area contributed by atoms with Crippen molar-refractivity contribution in [3.8, 4) is 0 Å². The Hall–Kier alpha value is -0.180. The second-order valence-electron chi connectivity index (χ2n) is 5.66. The van der Waals surface area contributed by atoms with Crippen molar-refractivity contribution in [1.29, 1.82) is 0 Å². The average molecular weight is 244 g/mol. The molecule has 0 spiro atoms. The molecule has 16 heavy (non-hydrogen) atoms. The maximum atomic E-state index is 11.7. The van der Waals surface area contributed by atoms with Crippen molar-refractivity contribution in [3.63, 3.8) is 0 Å². The van der Waals surface area contributed by atoms with E-state index >= 15 is 0 Å². The van der Waals surface area contributed by atoms with E-state index in [9.17, 15) is 4.79 Å². The van der Waals surface area contributed by atoms with Crippen molar-refractivity contribution in [2.45, 2.75) is 64.2 Å². The molecule has 0 bridgehead atoms. The molecule has 3 heteroatoms. The minimum absolute atomic E-state index is 0.0279. The van der Waals surface area contributed by atoms with Gasteiger partial charge >= 0.3 is 5.97 Å². The van der Waals surface area contributed by atoms with E-state index in [4.69, 9.17) is 4.74 Å². The quantitative estimate of drug-likeness (QED) is 0.706. The predicted octanol–water partition coefficient (Wildman–Crippen LogP) is 3.64. The molecule has 0 radical (unpaired) electrons. The lowest BCUT2D eigenvalue weighted by molar-refractivity contribution is -0.153. The van der Waals surface area contributed by atoms with Gasteiger partial charge in [-0.25, -0.2) is 0 Å². The Labute approximate surface area is 104 Å². The third-order valence-electron chi connectivity index (χ3n) is 2.80. The van der Waals surface area contributed by atoms with Crippen LogP contribution in [0.4, 0.5) is 0 Å². The zero-order valence-corrected chi connectivity index (χ0v) is 11.7. The normalized spacial score (nSPS) is 19.8. The Morgan fingerprint density at radius 1 is 1.38 bits per heavy atom. The molecule has 0 saturated heterocycles. The highest BCUT2D eigenvalue weighted by Crippen LogP contribution is 2.29. The van der Waals surface area contributed by atoms with Crippen molar-refractivity contribution < 1.29 is 9.53 Å². The SMILES string of the molecule is CC(SCC1CCCC1)C(=O)OC(C)(C)C. The lowest BCUT2D eigenvalue weighted by Crippen LogP contribution is -2.29. The summed E-state index contributed by atoms with van der Waals surface area (Å²) in [4.78, 5) is 11.7. The minimum Gasteiger partial charge on any atom is -0.459 e. The molecule has 1 unspecified atom stereocenters. The van der Waals surface area contributed by atoms with Crippen molar-refractivity contribution in [1.82, 2.24) is 0 Å². The molecule has 0 aliphatic heterocycles. The van der Waals surface area contributed by atoms with Crippen molar-refractivity contribution in [2.75, 3.05) is 5.75 Å². The van der Waals surface area contributed by atoms with Gasteiger partial charge < -0.3 is 4.74 Å². The number of hydrogen-bond acceptors (Lipinski definition) is 3. The highest BCUT2D eigenvalue weighted by atomic mass is 32.2. The number of thioether (sulfide) groups is 1. The van der Waals surface area contributed by atoms with E-state index in [1.165, 1.54) is 25.7 Å². The van der Waals surface area contributed by atoms with Gasteiger partial charge in [0, 0.05) is 0 Å². The Morgan fingerprint density at radius 3 is 2.44 bits per heavy atom. The number of rotatable bonds is 4. The zero-order valence-electron chi connectivity index (χ0n) is 10.9. The average Bonchev–Trinajstić information content (AvgIpc) is 2.63. The van der Waals surface area contributed by atoms with Crippen LogP contribution in [0.5, 0.6) is 0 Å². The van der Waals surface area contributed by atoms with Gasteiger partial charge in [-0.3, -0.25) is 4.79 Å². The van der Waals surface area contributed by atoms with Gasteiger partial charge in [-0.05, 0) is 52.2 Å². The Balaban J connectivity index is 2.23. The number of hydrogen-bond donors (Lipinski definition) is 0. The fourth-order valence-corrected chi connectivity index (χ4v) is 2.99. The summed E-state index contributed by atoms with van der Waals surface area (Å²) in [5.41, 5.74) is -0.362. The Kier molecular flexibility index (Phi) is 5.16. The summed E-state index contributed by atoms with van der Waals surface area (Å²) in [6.07, 6.45) is 5.42. The fourth-order valence-electron chi connectivity index (χ4n) is 1.91. The molecule has 1 atom stereocenters. The third-order valence-corrected chi connectivity index (χ3v) is 4.15. The first-order valence-electron chi connectivity index (χ1n) is 6.23. The topological polar surface area (TPSA) is 26.3 Å². The van der Waals surface area contributed by atoms with Crippen LogP contribution in [0, 0.1) is 5.92 Å². The fraction of sp³-hybridized carbons (Fsp3) is 0.923. The summed E-state index contributed by atoms with van der Waals surface area (Å²) in [6.45, 7) is 7.70. The molecule has 1 aliphatic rings. The molecule has 2 nitrogen and oxygen atoms in total. The van der Waals surface area contributed by atoms with Crippen molar-refractivity contribution >= 4 is 17.7 Å². The highest BCUT2D eigenvalue weighted by Gasteiger charge is 2.23. The van der Waals surface area contributed by atoms with Crippen LogP contribution in [0.15, 0.2) is 0 Å². The molecule has 1 saturated carbocycles. The van der Waals surface area contributed by atoms with Crippen LogP contribution in [0.2, 0.25) is 0 Å². The third kappa shape index (κ3) is 5.24. The molecule has 0 aromatic heterocycles. The minimum atomic E-state index is -0.362.